The first-order valence-corrected chi connectivity index (χ1v) is 18.2. The molecule has 9 heterocycles. The van der Waals surface area contributed by atoms with Gasteiger partial charge in [-0.1, -0.05) is 29.8 Å². The van der Waals surface area contributed by atoms with Crippen molar-refractivity contribution >= 4 is 79.8 Å². The highest BCUT2D eigenvalue weighted by Crippen LogP contribution is 2.34. The molecule has 0 spiro atoms. The maximum atomic E-state index is 12.0. The highest BCUT2D eigenvalue weighted by atomic mass is 35.5. The topological polar surface area (TPSA) is 196 Å². The SMILES string of the molecule is C=c1[nH]c(=O)c2c3[n+]1CCN3c1ccccc1N=2.Cc1ccc2c(c1)nc1c(=O)[nH]c(=O)n3c1[n+]2CC3.O=c1[nH]c(=O)n2c3c1nc1ccc(Cl)cc1[n+]3CC2.[Cl-].[Cl-].[Cl-]. The van der Waals surface area contributed by atoms with Crippen molar-refractivity contribution in [1.82, 2.24) is 34.1 Å². The summed E-state index contributed by atoms with van der Waals surface area (Å²) in [6, 6.07) is 19.1. The summed E-state index contributed by atoms with van der Waals surface area (Å²) in [5, 5.41) is 1.08. The summed E-state index contributed by atoms with van der Waals surface area (Å²) in [7, 11) is 0. The zero-order valence-corrected chi connectivity index (χ0v) is 33.8. The van der Waals surface area contributed by atoms with Gasteiger partial charge in [-0.2, -0.15) is 9.13 Å². The third-order valence-corrected chi connectivity index (χ3v) is 10.7. The molecule has 12 rings (SSSR count). The molecule has 300 valence electrons. The quantitative estimate of drug-likeness (QED) is 0.0988. The van der Waals surface area contributed by atoms with E-state index >= 15 is 0 Å². The fraction of sp³-hybridized carbons (Fsp3) is 0.184. The second-order valence-electron chi connectivity index (χ2n) is 13.8. The molecule has 0 unspecified atom stereocenters. The predicted molar refractivity (Wildman–Crippen MR) is 205 cm³/mol. The van der Waals surface area contributed by atoms with Gasteiger partial charge in [0.15, 0.2) is 11.0 Å². The van der Waals surface area contributed by atoms with E-state index in [1.165, 1.54) is 4.57 Å². The van der Waals surface area contributed by atoms with Crippen LogP contribution in [0, 0.1) is 6.92 Å². The molecule has 4 aliphatic rings. The third kappa shape index (κ3) is 6.37. The van der Waals surface area contributed by atoms with Gasteiger partial charge in [0.2, 0.25) is 21.9 Å². The molecule has 0 fully saturated rings. The van der Waals surface area contributed by atoms with Crippen LogP contribution in [0.2, 0.25) is 5.02 Å². The minimum atomic E-state index is -0.455. The molecule has 17 nitrogen and oxygen atoms in total. The molecule has 59 heavy (non-hydrogen) atoms. The van der Waals surface area contributed by atoms with E-state index in [0.717, 1.165) is 52.4 Å². The Hall–Kier alpha value is -6.27. The molecule has 0 aliphatic carbocycles. The van der Waals surface area contributed by atoms with Gasteiger partial charge in [0, 0.05) is 11.1 Å². The summed E-state index contributed by atoms with van der Waals surface area (Å²) in [6.45, 7) is 9.95. The fourth-order valence-corrected chi connectivity index (χ4v) is 8.19. The molecule has 0 atom stereocenters. The zero-order valence-electron chi connectivity index (χ0n) is 30.8. The lowest BCUT2D eigenvalue weighted by molar-refractivity contribution is -0.687. The number of benzene rings is 3. The molecular weight excluding hydrogens is 846 g/mol. The van der Waals surface area contributed by atoms with Crippen molar-refractivity contribution in [1.29, 1.82) is 0 Å². The Morgan fingerprint density at radius 1 is 0.678 bits per heavy atom. The molecule has 3 aromatic carbocycles. The molecule has 0 saturated heterocycles. The Balaban J connectivity index is 0.000000131. The van der Waals surface area contributed by atoms with Gasteiger partial charge in [-0.05, 0) is 55.5 Å². The van der Waals surface area contributed by atoms with Crippen LogP contribution in [0.3, 0.4) is 0 Å². The molecule has 0 bridgehead atoms. The summed E-state index contributed by atoms with van der Waals surface area (Å²) in [6.07, 6.45) is 0. The summed E-state index contributed by atoms with van der Waals surface area (Å²) < 4.78 is 9.03. The normalized spacial score (nSPS) is 13.3. The number of halogens is 4. The van der Waals surface area contributed by atoms with E-state index in [2.05, 4.69) is 41.4 Å². The molecule has 5 aromatic heterocycles. The van der Waals surface area contributed by atoms with E-state index in [1.807, 2.05) is 63.1 Å². The van der Waals surface area contributed by atoms with Crippen LogP contribution in [-0.2, 0) is 32.7 Å². The number of hydrogen-bond acceptors (Lipinski definition) is 9. The Kier molecular flexibility index (Phi) is 10.5. The number of para-hydroxylation sites is 2. The number of nitrogens with one attached hydrogen (secondary N) is 3. The van der Waals surface area contributed by atoms with Gasteiger partial charge >= 0.3 is 28.2 Å². The van der Waals surface area contributed by atoms with Crippen molar-refractivity contribution in [3.05, 3.63) is 134 Å². The fourth-order valence-electron chi connectivity index (χ4n) is 8.02. The van der Waals surface area contributed by atoms with Crippen LogP contribution >= 0.6 is 11.6 Å². The number of aromatic amines is 3. The molecule has 4 aliphatic heterocycles. The Bertz CT molecular complexity index is 3530. The molecule has 8 aromatic rings. The van der Waals surface area contributed by atoms with Gasteiger partial charge in [-0.25, -0.2) is 48.0 Å². The minimum Gasteiger partial charge on any atom is -1.00 e. The van der Waals surface area contributed by atoms with E-state index in [4.69, 9.17) is 11.6 Å². The van der Waals surface area contributed by atoms with Gasteiger partial charge in [-0.15, -0.1) is 0 Å². The lowest BCUT2D eigenvalue weighted by atomic mass is 10.2. The first-order chi connectivity index (χ1) is 27.0. The maximum absolute atomic E-state index is 12.0. The van der Waals surface area contributed by atoms with E-state index in [1.54, 1.807) is 22.8 Å². The summed E-state index contributed by atoms with van der Waals surface area (Å²) in [5.74, 6) is 0.863. The molecule has 0 amide bonds. The van der Waals surface area contributed by atoms with Crippen LogP contribution in [0.5, 0.6) is 0 Å². The van der Waals surface area contributed by atoms with Crippen LogP contribution < -0.4 is 94.7 Å². The van der Waals surface area contributed by atoms with Crippen molar-refractivity contribution < 1.29 is 50.9 Å². The lowest BCUT2D eigenvalue weighted by Crippen LogP contribution is -3.00. The summed E-state index contributed by atoms with van der Waals surface area (Å²) >= 11 is 6.00. The van der Waals surface area contributed by atoms with E-state index in [-0.39, 0.29) is 54.0 Å². The standard InChI is InChI=1S/C13H10N4O2.C13H10N4O.C12H7ClN4O2.3ClH/c1-7-2-3-9-8(6-7)14-10-11(18)15-13(19)17-5-4-16(9)12(10)17;1-8-14-12(18)11-13-16(8)6-7-17(13)10-5-3-2-4-9(10)15-11;13-6-1-2-7-8(5-6)16-3-4-17-11(16)9(14-7)10(18)15-12(17)19;;;/h2-3,6H,4-5H2,1H3;2-5H,1,6-7H2;1-2,5H,3-4H2;3*1H. The van der Waals surface area contributed by atoms with Crippen LogP contribution in [0.15, 0.2) is 89.6 Å². The van der Waals surface area contributed by atoms with Gasteiger partial charge in [0.25, 0.3) is 16.9 Å². The Labute approximate surface area is 353 Å². The number of anilines is 2. The third-order valence-electron chi connectivity index (χ3n) is 10.5. The number of H-pyrrole nitrogens is 3. The van der Waals surface area contributed by atoms with Crippen molar-refractivity contribution in [3.8, 4) is 0 Å². The highest BCUT2D eigenvalue weighted by Gasteiger charge is 2.35. The maximum Gasteiger partial charge on any atom is 0.416 e. The number of rotatable bonds is 0. The van der Waals surface area contributed by atoms with Crippen LogP contribution in [0.25, 0.3) is 51.0 Å². The average Bonchev–Trinajstić information content (AvgIpc) is 3.95. The number of fused-ring (bicyclic) bond motifs is 6. The predicted octanol–water partition coefficient (Wildman–Crippen LogP) is -9.46. The smallest absolute Gasteiger partial charge is 0.416 e. The molecular formula is C38H30Cl4N12O5. The molecule has 0 saturated carbocycles. The summed E-state index contributed by atoms with van der Waals surface area (Å²) in [5.41, 5.74) is 6.87. The molecule has 21 heteroatoms. The highest BCUT2D eigenvalue weighted by molar-refractivity contribution is 6.31. The Morgan fingerprint density at radius 2 is 1.29 bits per heavy atom. The first-order valence-electron chi connectivity index (χ1n) is 17.8. The van der Waals surface area contributed by atoms with Crippen molar-refractivity contribution in [2.24, 2.45) is 4.99 Å². The lowest BCUT2D eigenvalue weighted by Gasteiger charge is -2.17. The number of hydrogen-bond donors (Lipinski definition) is 3. The van der Waals surface area contributed by atoms with Gasteiger partial charge in [0.05, 0.1) is 0 Å². The van der Waals surface area contributed by atoms with Crippen molar-refractivity contribution in [2.75, 3.05) is 11.4 Å². The number of nitrogens with zero attached hydrogens (tertiary/aromatic N) is 9. The van der Waals surface area contributed by atoms with Gasteiger partial charge < -0.3 is 37.2 Å². The second kappa shape index (κ2) is 15.2. The van der Waals surface area contributed by atoms with E-state index < -0.39 is 16.8 Å². The van der Waals surface area contributed by atoms with Crippen LogP contribution in [-0.4, -0.2) is 40.6 Å². The van der Waals surface area contributed by atoms with Gasteiger partial charge in [0.1, 0.15) is 61.7 Å². The Morgan fingerprint density at radius 3 is 1.97 bits per heavy atom. The first kappa shape index (κ1) is 40.9. The number of aryl methyl sites for hydroxylation is 5. The summed E-state index contributed by atoms with van der Waals surface area (Å²) in [4.78, 5) is 82.0. The van der Waals surface area contributed by atoms with E-state index in [0.29, 0.717) is 64.4 Å². The van der Waals surface area contributed by atoms with E-state index in [9.17, 15) is 24.0 Å². The van der Waals surface area contributed by atoms with Crippen molar-refractivity contribution in [3.63, 3.8) is 0 Å². The van der Waals surface area contributed by atoms with Crippen LogP contribution in [0.4, 0.5) is 17.2 Å². The molecule has 3 N–H and O–H groups in total. The zero-order chi connectivity index (χ0) is 38.6. The van der Waals surface area contributed by atoms with Gasteiger partial charge in [-0.3, -0.25) is 24.5 Å². The average molecular weight is 877 g/mol. The second-order valence-corrected chi connectivity index (χ2v) is 14.2. The minimum absolute atomic E-state index is 0. The largest absolute Gasteiger partial charge is 1.00 e. The number of aromatic nitrogens is 10. The monoisotopic (exact) mass is 874 g/mol. The van der Waals surface area contributed by atoms with Crippen molar-refractivity contribution in [2.45, 2.75) is 39.6 Å². The molecule has 0 radical (unpaired) electrons. The van der Waals surface area contributed by atoms with Crippen LogP contribution in [0.1, 0.15) is 5.56 Å².